The fourth-order valence-electron chi connectivity index (χ4n) is 3.36. The molecule has 0 saturated carbocycles. The molecule has 2 heterocycles. The van der Waals surface area contributed by atoms with E-state index in [0.717, 1.165) is 0 Å². The molecule has 4 rings (SSSR count). The maximum atomic E-state index is 12.7. The third-order valence-electron chi connectivity index (χ3n) is 4.74. The van der Waals surface area contributed by atoms with Gasteiger partial charge in [-0.3, -0.25) is 9.59 Å². The number of nitrogens with zero attached hydrogens (tertiary/aromatic N) is 1. The van der Waals surface area contributed by atoms with Crippen LogP contribution in [-0.2, 0) is 9.59 Å². The molecule has 2 amide bonds. The van der Waals surface area contributed by atoms with Gasteiger partial charge in [-0.2, -0.15) is 0 Å². The lowest BCUT2D eigenvalue weighted by Crippen LogP contribution is -2.28. The van der Waals surface area contributed by atoms with Gasteiger partial charge >= 0.3 is 0 Å². The van der Waals surface area contributed by atoms with E-state index >= 15 is 0 Å². The third kappa shape index (κ3) is 3.57. The number of hydrogen-bond donors (Lipinski definition) is 1. The Bertz CT molecular complexity index is 933. The van der Waals surface area contributed by atoms with Crippen LogP contribution in [0.15, 0.2) is 36.4 Å². The minimum Gasteiger partial charge on any atom is -0.495 e. The summed E-state index contributed by atoms with van der Waals surface area (Å²) in [6, 6.07) is 10.3. The second-order valence-electron chi connectivity index (χ2n) is 6.57. The van der Waals surface area contributed by atoms with Crippen molar-refractivity contribution in [3.05, 3.63) is 41.4 Å². The van der Waals surface area contributed by atoms with Crippen molar-refractivity contribution in [2.75, 3.05) is 37.1 Å². The molecule has 2 aliphatic rings. The van der Waals surface area contributed by atoms with E-state index in [1.165, 1.54) is 7.11 Å². The van der Waals surface area contributed by atoms with Crippen LogP contribution in [0.3, 0.4) is 0 Å². The summed E-state index contributed by atoms with van der Waals surface area (Å²) in [4.78, 5) is 26.8. The molecular formula is C20H19ClN2O5. The molecule has 1 saturated heterocycles. The Morgan fingerprint density at radius 3 is 2.75 bits per heavy atom. The first-order valence-corrected chi connectivity index (χ1v) is 9.27. The smallest absolute Gasteiger partial charge is 0.229 e. The number of methoxy groups -OCH3 is 1. The molecule has 1 N–H and O–H groups in total. The number of carbonyl (C=O) groups excluding carboxylic acids is 2. The number of anilines is 2. The van der Waals surface area contributed by atoms with E-state index in [9.17, 15) is 9.59 Å². The van der Waals surface area contributed by atoms with Crippen LogP contribution in [0.1, 0.15) is 6.42 Å². The summed E-state index contributed by atoms with van der Waals surface area (Å²) < 4.78 is 16.3. The van der Waals surface area contributed by atoms with Crippen LogP contribution in [0, 0.1) is 5.92 Å². The molecule has 0 radical (unpaired) electrons. The highest BCUT2D eigenvalue weighted by atomic mass is 35.5. The van der Waals surface area contributed by atoms with Crippen LogP contribution in [0.25, 0.3) is 0 Å². The third-order valence-corrected chi connectivity index (χ3v) is 4.97. The van der Waals surface area contributed by atoms with Gasteiger partial charge in [0.05, 0.1) is 18.7 Å². The molecule has 0 aromatic heterocycles. The molecule has 146 valence electrons. The van der Waals surface area contributed by atoms with E-state index in [-0.39, 0.29) is 24.8 Å². The zero-order valence-electron chi connectivity index (χ0n) is 15.2. The maximum Gasteiger partial charge on any atom is 0.229 e. The number of fused-ring (bicyclic) bond motifs is 1. The highest BCUT2D eigenvalue weighted by Crippen LogP contribution is 2.36. The van der Waals surface area contributed by atoms with Crippen LogP contribution in [-0.4, -0.2) is 38.7 Å². The molecule has 0 bridgehead atoms. The predicted molar refractivity (Wildman–Crippen MR) is 105 cm³/mol. The van der Waals surface area contributed by atoms with Gasteiger partial charge in [0.25, 0.3) is 0 Å². The Morgan fingerprint density at radius 1 is 1.18 bits per heavy atom. The second kappa shape index (κ2) is 7.59. The highest BCUT2D eigenvalue weighted by molar-refractivity contribution is 6.31. The van der Waals surface area contributed by atoms with Crippen LogP contribution >= 0.6 is 11.6 Å². The van der Waals surface area contributed by atoms with E-state index in [2.05, 4.69) is 5.32 Å². The lowest BCUT2D eigenvalue weighted by atomic mass is 10.1. The lowest BCUT2D eigenvalue weighted by molar-refractivity contribution is -0.122. The summed E-state index contributed by atoms with van der Waals surface area (Å²) in [5, 5.41) is 3.35. The van der Waals surface area contributed by atoms with Gasteiger partial charge in [-0.25, -0.2) is 0 Å². The zero-order valence-corrected chi connectivity index (χ0v) is 16.0. The molecule has 2 aromatic rings. The van der Waals surface area contributed by atoms with Crippen LogP contribution in [0.2, 0.25) is 5.02 Å². The van der Waals surface area contributed by atoms with Gasteiger partial charge in [-0.05, 0) is 30.3 Å². The normalized spacial score (nSPS) is 18.1. The van der Waals surface area contributed by atoms with Gasteiger partial charge in [-0.15, -0.1) is 0 Å². The Kier molecular flexibility index (Phi) is 5.00. The molecule has 0 unspecified atom stereocenters. The fourth-order valence-corrected chi connectivity index (χ4v) is 3.52. The van der Waals surface area contributed by atoms with Gasteiger partial charge in [0.2, 0.25) is 11.8 Å². The molecule has 2 aromatic carbocycles. The van der Waals surface area contributed by atoms with Crippen molar-refractivity contribution in [3.8, 4) is 17.2 Å². The van der Waals surface area contributed by atoms with E-state index in [1.54, 1.807) is 41.3 Å². The summed E-state index contributed by atoms with van der Waals surface area (Å²) >= 11 is 6.07. The first-order chi connectivity index (χ1) is 13.5. The summed E-state index contributed by atoms with van der Waals surface area (Å²) in [7, 11) is 1.53. The quantitative estimate of drug-likeness (QED) is 0.850. The van der Waals surface area contributed by atoms with E-state index < -0.39 is 5.92 Å². The van der Waals surface area contributed by atoms with E-state index in [1.807, 2.05) is 0 Å². The van der Waals surface area contributed by atoms with Crippen molar-refractivity contribution in [3.63, 3.8) is 0 Å². The van der Waals surface area contributed by atoms with Crippen molar-refractivity contribution in [2.24, 2.45) is 5.92 Å². The van der Waals surface area contributed by atoms with Crippen LogP contribution in [0.5, 0.6) is 17.2 Å². The molecule has 7 nitrogen and oxygen atoms in total. The van der Waals surface area contributed by atoms with E-state index in [0.29, 0.717) is 46.9 Å². The largest absolute Gasteiger partial charge is 0.495 e. The molecule has 0 spiro atoms. The molecular weight excluding hydrogens is 384 g/mol. The Morgan fingerprint density at radius 2 is 1.96 bits per heavy atom. The maximum absolute atomic E-state index is 12.7. The monoisotopic (exact) mass is 402 g/mol. The van der Waals surface area contributed by atoms with Crippen molar-refractivity contribution in [1.82, 2.24) is 0 Å². The number of hydrogen-bond acceptors (Lipinski definition) is 5. The topological polar surface area (TPSA) is 77.1 Å². The number of halogens is 1. The van der Waals surface area contributed by atoms with Gasteiger partial charge in [0.15, 0.2) is 11.5 Å². The van der Waals surface area contributed by atoms with E-state index in [4.69, 9.17) is 25.8 Å². The van der Waals surface area contributed by atoms with Gasteiger partial charge < -0.3 is 24.4 Å². The van der Waals surface area contributed by atoms with Crippen molar-refractivity contribution in [1.29, 1.82) is 0 Å². The summed E-state index contributed by atoms with van der Waals surface area (Å²) in [5.74, 6) is 0.919. The molecule has 0 aliphatic carbocycles. The minimum atomic E-state index is -0.482. The fraction of sp³-hybridized carbons (Fsp3) is 0.300. The van der Waals surface area contributed by atoms with Crippen LogP contribution in [0.4, 0.5) is 11.4 Å². The van der Waals surface area contributed by atoms with Gasteiger partial charge in [0, 0.05) is 29.7 Å². The molecule has 8 heteroatoms. The molecule has 2 aliphatic heterocycles. The average molecular weight is 403 g/mol. The number of rotatable bonds is 4. The Balaban J connectivity index is 1.48. The first kappa shape index (κ1) is 18.4. The molecule has 1 atom stereocenters. The summed E-state index contributed by atoms with van der Waals surface area (Å²) in [5.41, 5.74) is 1.16. The Hall–Kier alpha value is -2.93. The SMILES string of the molecule is COc1ccc(Cl)cc1N1C[C@@H](C(=O)Nc2ccc3c(c2)OCCO3)CC1=O. The summed E-state index contributed by atoms with van der Waals surface area (Å²) in [6.07, 6.45) is 0.117. The molecule has 1 fully saturated rings. The number of benzene rings is 2. The first-order valence-electron chi connectivity index (χ1n) is 8.89. The average Bonchev–Trinajstić information content (AvgIpc) is 3.09. The second-order valence-corrected chi connectivity index (χ2v) is 7.01. The predicted octanol–water partition coefficient (Wildman–Crippen LogP) is 3.11. The summed E-state index contributed by atoms with van der Waals surface area (Å²) in [6.45, 7) is 1.23. The van der Waals surface area contributed by atoms with Crippen molar-refractivity contribution in [2.45, 2.75) is 6.42 Å². The standard InChI is InChI=1S/C20H19ClN2O5/c1-26-16-4-2-13(21)9-15(16)23-11-12(8-19(23)24)20(25)22-14-3-5-17-18(10-14)28-7-6-27-17/h2-5,9-10,12H,6-8,11H2,1H3,(H,22,25)/t12-/m0/s1. The Labute approximate surface area is 167 Å². The van der Waals surface area contributed by atoms with Crippen LogP contribution < -0.4 is 24.4 Å². The van der Waals surface area contributed by atoms with Gasteiger partial charge in [-0.1, -0.05) is 11.6 Å². The minimum absolute atomic E-state index is 0.117. The number of carbonyl (C=O) groups is 2. The number of nitrogens with one attached hydrogen (secondary N) is 1. The lowest BCUT2D eigenvalue weighted by Gasteiger charge is -2.20. The molecule has 28 heavy (non-hydrogen) atoms. The van der Waals surface area contributed by atoms with Crippen molar-refractivity contribution < 1.29 is 23.8 Å². The van der Waals surface area contributed by atoms with Gasteiger partial charge in [0.1, 0.15) is 19.0 Å². The van der Waals surface area contributed by atoms with Crippen molar-refractivity contribution >= 4 is 34.8 Å². The number of ether oxygens (including phenoxy) is 3. The zero-order chi connectivity index (χ0) is 19.7. The highest BCUT2D eigenvalue weighted by Gasteiger charge is 2.36. The number of amides is 2.